The van der Waals surface area contributed by atoms with Crippen molar-refractivity contribution >= 4 is 43.6 Å². The van der Waals surface area contributed by atoms with Gasteiger partial charge in [0, 0.05) is 24.3 Å². The van der Waals surface area contributed by atoms with Crippen LogP contribution in [0.5, 0.6) is 0 Å². The fraction of sp³-hybridized carbons (Fsp3) is 0.169. The maximum Gasteiger partial charge on any atom is 0.416 e. The molecule has 0 aliphatic rings. The van der Waals surface area contributed by atoms with E-state index in [-0.39, 0.29) is 0 Å². The molecule has 0 aromatic heterocycles. The van der Waals surface area contributed by atoms with Crippen LogP contribution in [-0.2, 0) is 82.4 Å². The van der Waals surface area contributed by atoms with E-state index in [4.69, 9.17) is 0 Å². The summed E-state index contributed by atoms with van der Waals surface area (Å²) in [5.41, 5.74) is -25.4. The van der Waals surface area contributed by atoms with Crippen LogP contribution < -0.4 is 26.8 Å². The van der Waals surface area contributed by atoms with Crippen LogP contribution in [0, 0.1) is 0 Å². The summed E-state index contributed by atoms with van der Waals surface area (Å²) < 4.78 is 355. The Morgan fingerprint density at radius 3 is 0.699 bits per heavy atom. The smallest absolute Gasteiger partial charge is 0.363 e. The monoisotopic (exact) mass is 1350 g/mol. The molecule has 0 saturated carbocycles. The molecule has 0 spiro atoms. The summed E-state index contributed by atoms with van der Waals surface area (Å²) in [5.74, 6) is 0.471. The van der Waals surface area contributed by atoms with Crippen LogP contribution >= 0.6 is 0 Å². The van der Waals surface area contributed by atoms with Crippen LogP contribution in [0.2, 0.25) is 0 Å². The fourth-order valence-corrected chi connectivity index (χ4v) is 13.0. The molecule has 490 valence electrons. The quantitative estimate of drug-likeness (QED) is 0.0651. The molecule has 2 nitrogen and oxygen atoms in total. The molecule has 0 aliphatic carbocycles. The minimum atomic E-state index is -6.13. The molecule has 9 aromatic rings. The summed E-state index contributed by atoms with van der Waals surface area (Å²) in [4.78, 5) is 4.13. The summed E-state index contributed by atoms with van der Waals surface area (Å²) in [7, 11) is -2.44. The van der Waals surface area contributed by atoms with Crippen molar-refractivity contribution in [2.75, 3.05) is 4.90 Å². The zero-order chi connectivity index (χ0) is 68.5. The second-order valence-corrected chi connectivity index (χ2v) is 23.7. The van der Waals surface area contributed by atoms with E-state index in [1.165, 1.54) is 11.1 Å². The molecule has 0 aliphatic heterocycles. The Kier molecular flexibility index (Phi) is 19.6. The van der Waals surface area contributed by atoms with Crippen LogP contribution in [0.15, 0.2) is 228 Å². The molecule has 0 radical (unpaired) electrons. The SMILES string of the molecule is FC(F)(F)c1cc([B-](c2cc(C(F)(F)F)cc(C(F)(F)F)c2)(c2cc(C(F)(F)F)cc(C(F)(F)F)c2)c2cc(C(F)(F)F)cc(C(F)(F)F)c2)cc(C(F)(F)F)c1.O=[S+](Cc1ccc(N(Cc2ccccc2)Cc2ccccc2)cc1)(c1ccccc1)c1ccccc1. The average molecular weight is 1350 g/mol. The van der Waals surface area contributed by atoms with Gasteiger partial charge in [-0.25, -0.2) is 0 Å². The normalized spacial score (nSPS) is 13.1. The number of anilines is 1. The molecular weight excluding hydrogens is 1310 g/mol. The van der Waals surface area contributed by atoms with Crippen LogP contribution in [0.25, 0.3) is 0 Å². The van der Waals surface area contributed by atoms with Gasteiger partial charge in [0.25, 0.3) is 0 Å². The van der Waals surface area contributed by atoms with Crippen LogP contribution in [0.1, 0.15) is 61.2 Å². The molecule has 93 heavy (non-hydrogen) atoms. The third kappa shape index (κ3) is 16.6. The van der Waals surface area contributed by atoms with Gasteiger partial charge in [0.15, 0.2) is 19.7 Å². The van der Waals surface area contributed by atoms with Gasteiger partial charge in [0.1, 0.15) is 11.9 Å². The van der Waals surface area contributed by atoms with E-state index in [1.807, 2.05) is 60.7 Å². The van der Waals surface area contributed by atoms with Gasteiger partial charge in [-0.3, -0.25) is 0 Å². The van der Waals surface area contributed by atoms with E-state index >= 15 is 0 Å². The highest BCUT2D eigenvalue weighted by molar-refractivity contribution is 8.02. The number of nitrogens with zero attached hydrogens (tertiary/aromatic N) is 1. The van der Waals surface area contributed by atoms with Gasteiger partial charge in [0.2, 0.25) is 0 Å². The number of alkyl halides is 24. The number of hydrogen-bond acceptors (Lipinski definition) is 2. The summed E-state index contributed by atoms with van der Waals surface area (Å²) in [6, 6.07) is 40.6. The highest BCUT2D eigenvalue weighted by atomic mass is 32.2. The molecule has 0 amide bonds. The molecule has 0 unspecified atom stereocenters. The van der Waals surface area contributed by atoms with Gasteiger partial charge >= 0.3 is 49.4 Å². The predicted octanol–water partition coefficient (Wildman–Crippen LogP) is 19.2. The standard InChI is InChI=1S/C33H30NOS.C32H12BF24/c35-36(32-17-9-3-10-18-32,33-19-11-4-12-20-33)27-30-21-23-31(24-22-30)34(25-28-13-5-1-6-14-28)26-29-15-7-2-8-16-29;34-25(35,36)13-1-14(26(37,38)39)6-21(5-13)33(22-7-15(27(40,41)42)2-16(8-22)28(43,44)45,23-9-17(29(46,47)48)3-18(10-23)30(49,50)51)24-11-19(31(52,53)54)4-20(12-24)32(55,56)57/h1-24H,25-27H2;1-12H/q+1;-1. The first kappa shape index (κ1) is 70.2. The molecule has 0 fully saturated rings. The molecule has 9 aromatic carbocycles. The zero-order valence-electron chi connectivity index (χ0n) is 46.8. The van der Waals surface area contributed by atoms with E-state index in [0.29, 0.717) is 5.75 Å². The molecule has 0 saturated heterocycles. The molecular formula is C65H42BF24NOS. The van der Waals surface area contributed by atoms with Crippen molar-refractivity contribution < 1.29 is 110 Å². The number of hydrogen-bond donors (Lipinski definition) is 0. The predicted molar refractivity (Wildman–Crippen MR) is 300 cm³/mol. The number of rotatable bonds is 13. The molecule has 0 bridgehead atoms. The molecule has 0 atom stereocenters. The molecule has 0 heterocycles. The lowest BCUT2D eigenvalue weighted by Crippen LogP contribution is -2.75. The Morgan fingerprint density at radius 1 is 0.269 bits per heavy atom. The average Bonchev–Trinajstić information content (AvgIpc) is 0.709. The van der Waals surface area contributed by atoms with E-state index in [9.17, 15) is 110 Å². The zero-order valence-corrected chi connectivity index (χ0v) is 47.6. The summed E-state index contributed by atoms with van der Waals surface area (Å²) in [6.45, 7) is 1.64. The van der Waals surface area contributed by atoms with E-state index in [1.54, 1.807) is 0 Å². The lowest BCUT2D eigenvalue weighted by Gasteiger charge is -2.46. The van der Waals surface area contributed by atoms with Crippen molar-refractivity contribution in [3.63, 3.8) is 0 Å². The van der Waals surface area contributed by atoms with E-state index in [0.717, 1.165) is 34.1 Å². The second kappa shape index (κ2) is 26.0. The van der Waals surface area contributed by atoms with Crippen LogP contribution in [0.3, 0.4) is 0 Å². The summed E-state index contributed by atoms with van der Waals surface area (Å²) in [5, 5.41) is 0. The first-order valence-corrected chi connectivity index (χ1v) is 28.6. The summed E-state index contributed by atoms with van der Waals surface area (Å²) in [6.07, 6.45) is -54.8. The van der Waals surface area contributed by atoms with Crippen molar-refractivity contribution in [2.24, 2.45) is 0 Å². The molecule has 9 rings (SSSR count). The van der Waals surface area contributed by atoms with Gasteiger partial charge in [-0.15, -0.1) is 0 Å². The van der Waals surface area contributed by atoms with Crippen molar-refractivity contribution in [3.05, 3.63) is 280 Å². The third-order valence-corrected chi connectivity index (χ3v) is 17.6. The van der Waals surface area contributed by atoms with Crippen molar-refractivity contribution in [1.29, 1.82) is 0 Å². The lowest BCUT2D eigenvalue weighted by molar-refractivity contribution is -0.144. The van der Waals surface area contributed by atoms with E-state index in [2.05, 4.69) is 89.8 Å². The highest BCUT2D eigenvalue weighted by Crippen LogP contribution is 2.42. The Labute approximate surface area is 514 Å². The van der Waals surface area contributed by atoms with Gasteiger partial charge in [-0.1, -0.05) is 162 Å². The van der Waals surface area contributed by atoms with Crippen LogP contribution in [-0.4, -0.2) is 6.15 Å². The molecule has 28 heteroatoms. The number of benzene rings is 9. The highest BCUT2D eigenvalue weighted by Gasteiger charge is 2.47. The van der Waals surface area contributed by atoms with Gasteiger partial charge in [0.05, 0.1) is 44.5 Å². The van der Waals surface area contributed by atoms with Gasteiger partial charge in [-0.05, 0) is 71.8 Å². The minimum absolute atomic E-state index is 0.471. The fourth-order valence-electron chi connectivity index (χ4n) is 10.5. The van der Waals surface area contributed by atoms with Gasteiger partial charge < -0.3 is 4.90 Å². The maximum atomic E-state index is 14.4. The van der Waals surface area contributed by atoms with Crippen LogP contribution in [0.4, 0.5) is 111 Å². The van der Waals surface area contributed by atoms with Gasteiger partial charge in [-0.2, -0.15) is 127 Å². The Balaban J connectivity index is 0.000000263. The van der Waals surface area contributed by atoms with Crippen molar-refractivity contribution in [3.8, 4) is 0 Å². The Morgan fingerprint density at radius 2 is 0.484 bits per heavy atom. The number of halogens is 24. The summed E-state index contributed by atoms with van der Waals surface area (Å²) >= 11 is 0. The first-order chi connectivity index (χ1) is 43.0. The molecule has 0 N–H and O–H groups in total. The Hall–Kier alpha value is -8.69. The topological polar surface area (TPSA) is 20.3 Å². The van der Waals surface area contributed by atoms with E-state index < -0.39 is 205 Å². The minimum Gasteiger partial charge on any atom is -0.363 e. The Bertz CT molecular complexity index is 3560. The maximum absolute atomic E-state index is 14.4. The first-order valence-electron chi connectivity index (χ1n) is 26.9. The lowest BCUT2D eigenvalue weighted by atomic mass is 9.12. The second-order valence-electron chi connectivity index (χ2n) is 21.2. The third-order valence-electron chi connectivity index (χ3n) is 14.8. The van der Waals surface area contributed by atoms with Crippen molar-refractivity contribution in [1.82, 2.24) is 0 Å². The van der Waals surface area contributed by atoms with Crippen molar-refractivity contribution in [2.45, 2.75) is 78.0 Å². The largest absolute Gasteiger partial charge is 0.416 e.